The van der Waals surface area contributed by atoms with Crippen molar-refractivity contribution in [3.8, 4) is 28.4 Å². The maximum atomic E-state index is 13.2. The van der Waals surface area contributed by atoms with Gasteiger partial charge in [-0.25, -0.2) is 4.98 Å². The number of carbonyl (C=O) groups is 3. The summed E-state index contributed by atoms with van der Waals surface area (Å²) in [5.74, 6) is -1.16. The van der Waals surface area contributed by atoms with Crippen LogP contribution in [0.15, 0.2) is 66.9 Å². The van der Waals surface area contributed by atoms with Gasteiger partial charge >= 0.3 is 11.9 Å². The third kappa shape index (κ3) is 9.30. The predicted molar refractivity (Wildman–Crippen MR) is 162 cm³/mol. The van der Waals surface area contributed by atoms with Crippen molar-refractivity contribution >= 4 is 17.7 Å². The van der Waals surface area contributed by atoms with Crippen LogP contribution in [0.3, 0.4) is 0 Å². The molecule has 0 unspecified atom stereocenters. The predicted octanol–water partition coefficient (Wildman–Crippen LogP) is 6.68. The summed E-state index contributed by atoms with van der Waals surface area (Å²) in [4.78, 5) is 41.6. The molecule has 3 atom stereocenters. The van der Waals surface area contributed by atoms with E-state index in [1.165, 1.54) is 26.3 Å². The molecule has 0 saturated carbocycles. The second-order valence-electron chi connectivity index (χ2n) is 10.3. The van der Waals surface area contributed by atoms with Crippen LogP contribution in [-0.4, -0.2) is 48.8 Å². The number of methoxy groups -OCH3 is 1. The number of hydrogen-bond donors (Lipinski definition) is 0. The monoisotopic (exact) mass is 591 g/mol. The molecule has 9 nitrogen and oxygen atoms in total. The fourth-order valence-electron chi connectivity index (χ4n) is 4.77. The van der Waals surface area contributed by atoms with Crippen LogP contribution in [0, 0.1) is 11.8 Å². The van der Waals surface area contributed by atoms with Crippen molar-refractivity contribution in [2.45, 2.75) is 66.1 Å². The molecule has 0 radical (unpaired) electrons. The fourth-order valence-corrected chi connectivity index (χ4v) is 4.77. The molecule has 3 aromatic rings. The van der Waals surface area contributed by atoms with Gasteiger partial charge in [-0.3, -0.25) is 14.4 Å². The first-order valence-electron chi connectivity index (χ1n) is 14.5. The first-order valence-corrected chi connectivity index (χ1v) is 14.5. The second-order valence-corrected chi connectivity index (χ2v) is 10.3. The van der Waals surface area contributed by atoms with E-state index in [0.717, 1.165) is 24.0 Å². The summed E-state index contributed by atoms with van der Waals surface area (Å²) in [5, 5.41) is 0. The first kappa shape index (κ1) is 33.1. The molecule has 0 bridgehead atoms. The van der Waals surface area contributed by atoms with Gasteiger partial charge in [0.15, 0.2) is 23.0 Å². The van der Waals surface area contributed by atoms with Crippen LogP contribution >= 0.6 is 0 Å². The lowest BCUT2D eigenvalue weighted by atomic mass is 9.92. The highest BCUT2D eigenvalue weighted by molar-refractivity contribution is 5.99. The zero-order valence-corrected chi connectivity index (χ0v) is 25.7. The molecule has 230 valence electrons. The normalized spacial score (nSPS) is 13.0. The van der Waals surface area contributed by atoms with E-state index in [1.807, 2.05) is 49.4 Å². The number of rotatable bonds is 16. The summed E-state index contributed by atoms with van der Waals surface area (Å²) in [6, 6.07) is 19.5. The molecular formula is C34H41NO8. The van der Waals surface area contributed by atoms with Gasteiger partial charge in [0.25, 0.3) is 0 Å². The van der Waals surface area contributed by atoms with Gasteiger partial charge < -0.3 is 23.7 Å². The maximum Gasteiger partial charge on any atom is 0.309 e. The number of pyridine rings is 1. The van der Waals surface area contributed by atoms with E-state index in [4.69, 9.17) is 23.7 Å². The van der Waals surface area contributed by atoms with Crippen LogP contribution in [0.25, 0.3) is 11.1 Å². The number of esters is 2. The molecular weight excluding hydrogens is 550 g/mol. The number of benzene rings is 2. The van der Waals surface area contributed by atoms with Gasteiger partial charge in [0.2, 0.25) is 6.79 Å². The van der Waals surface area contributed by atoms with Crippen LogP contribution in [0.5, 0.6) is 17.2 Å². The van der Waals surface area contributed by atoms with Crippen molar-refractivity contribution in [3.63, 3.8) is 0 Å². The number of hydrogen-bond acceptors (Lipinski definition) is 9. The van der Waals surface area contributed by atoms with E-state index < -0.39 is 36.5 Å². The molecule has 2 aromatic carbocycles. The first-order chi connectivity index (χ1) is 20.7. The molecule has 1 aromatic heterocycles. The standard InChI is InChI=1S/C34H41NO8/c1-7-25(8-2)32(43-28-16-14-27(15-17-28)26-12-10-9-11-13-26)23(4)42-34(38)22(3)20-29(37)31-33(41-21-40-24(5)36)30(39-6)18-19-35-31/h9-19,22-23,25,32H,7-8,20-21H2,1-6H3/t22-,23+,32+/m1/s1. The Hall–Kier alpha value is -4.40. The van der Waals surface area contributed by atoms with Crippen molar-refractivity contribution in [2.24, 2.45) is 11.8 Å². The second kappa shape index (κ2) is 16.3. The topological polar surface area (TPSA) is 110 Å². The molecule has 0 aliphatic carbocycles. The summed E-state index contributed by atoms with van der Waals surface area (Å²) in [6.07, 6.45) is 1.97. The zero-order valence-electron chi connectivity index (χ0n) is 25.7. The van der Waals surface area contributed by atoms with Gasteiger partial charge in [0.05, 0.1) is 13.0 Å². The van der Waals surface area contributed by atoms with Crippen LogP contribution in [0.4, 0.5) is 0 Å². The number of ether oxygens (including phenoxy) is 5. The Bertz CT molecular complexity index is 1340. The minimum Gasteiger partial charge on any atom is -0.493 e. The summed E-state index contributed by atoms with van der Waals surface area (Å²) >= 11 is 0. The molecule has 3 rings (SSSR count). The number of nitrogens with zero attached hydrogens (tertiary/aromatic N) is 1. The van der Waals surface area contributed by atoms with Gasteiger partial charge in [-0.1, -0.05) is 63.2 Å². The Morgan fingerprint density at radius 1 is 0.884 bits per heavy atom. The van der Waals surface area contributed by atoms with E-state index in [2.05, 4.69) is 31.0 Å². The van der Waals surface area contributed by atoms with E-state index in [9.17, 15) is 14.4 Å². The average molecular weight is 592 g/mol. The summed E-state index contributed by atoms with van der Waals surface area (Å²) < 4.78 is 27.9. The molecule has 0 N–H and O–H groups in total. The van der Waals surface area contributed by atoms with E-state index in [0.29, 0.717) is 5.75 Å². The van der Waals surface area contributed by atoms with E-state index in [-0.39, 0.29) is 35.6 Å². The van der Waals surface area contributed by atoms with Crippen molar-refractivity contribution in [1.82, 2.24) is 4.98 Å². The molecule has 0 aliphatic heterocycles. The highest BCUT2D eigenvalue weighted by atomic mass is 16.7. The lowest BCUT2D eigenvalue weighted by Gasteiger charge is -2.31. The van der Waals surface area contributed by atoms with Gasteiger partial charge in [-0.2, -0.15) is 0 Å². The van der Waals surface area contributed by atoms with Crippen LogP contribution in [0.1, 0.15) is 64.4 Å². The highest BCUT2D eigenvalue weighted by Gasteiger charge is 2.32. The highest BCUT2D eigenvalue weighted by Crippen LogP contribution is 2.32. The lowest BCUT2D eigenvalue weighted by Crippen LogP contribution is -2.40. The van der Waals surface area contributed by atoms with Gasteiger partial charge in [0, 0.05) is 25.6 Å². The molecule has 0 fully saturated rings. The van der Waals surface area contributed by atoms with Gasteiger partial charge in [-0.15, -0.1) is 0 Å². The molecule has 0 spiro atoms. The fraction of sp³-hybridized carbons (Fsp3) is 0.412. The maximum absolute atomic E-state index is 13.2. The number of ketones is 1. The van der Waals surface area contributed by atoms with Crippen molar-refractivity contribution in [1.29, 1.82) is 0 Å². The third-order valence-electron chi connectivity index (χ3n) is 7.22. The Kier molecular flexibility index (Phi) is 12.5. The van der Waals surface area contributed by atoms with Crippen LogP contribution in [-0.2, 0) is 19.1 Å². The Morgan fingerprint density at radius 3 is 2.14 bits per heavy atom. The molecule has 0 saturated heterocycles. The number of aromatic nitrogens is 1. The zero-order chi connectivity index (χ0) is 31.4. The minimum absolute atomic E-state index is 0.0311. The Balaban J connectivity index is 1.69. The SMILES string of the molecule is CCC(CC)[C@@H](Oc1ccc(-c2ccccc2)cc1)[C@H](C)OC(=O)[C@H](C)CC(=O)c1nccc(OC)c1OCOC(C)=O. The summed E-state index contributed by atoms with van der Waals surface area (Å²) in [6.45, 7) is 8.44. The van der Waals surface area contributed by atoms with Gasteiger partial charge in [-0.05, 0) is 48.9 Å². The van der Waals surface area contributed by atoms with Crippen molar-refractivity contribution in [2.75, 3.05) is 13.9 Å². The molecule has 1 heterocycles. The molecule has 0 amide bonds. The average Bonchev–Trinajstić information content (AvgIpc) is 3.01. The minimum atomic E-state index is -0.767. The Labute approximate surface area is 253 Å². The lowest BCUT2D eigenvalue weighted by molar-refractivity contribution is -0.159. The molecule has 43 heavy (non-hydrogen) atoms. The molecule has 9 heteroatoms. The summed E-state index contributed by atoms with van der Waals surface area (Å²) in [7, 11) is 1.42. The smallest absolute Gasteiger partial charge is 0.309 e. The summed E-state index contributed by atoms with van der Waals surface area (Å²) in [5.41, 5.74) is 2.16. The largest absolute Gasteiger partial charge is 0.493 e. The van der Waals surface area contributed by atoms with Crippen molar-refractivity contribution < 1.29 is 38.1 Å². The van der Waals surface area contributed by atoms with Crippen LogP contribution in [0.2, 0.25) is 0 Å². The number of carbonyl (C=O) groups excluding carboxylic acids is 3. The van der Waals surface area contributed by atoms with Crippen molar-refractivity contribution in [3.05, 3.63) is 72.6 Å². The molecule has 0 aliphatic rings. The van der Waals surface area contributed by atoms with E-state index >= 15 is 0 Å². The number of Topliss-reactive ketones (excluding diaryl/α,β-unsaturated/α-hetero) is 1. The quantitative estimate of drug-likeness (QED) is 0.102. The third-order valence-corrected chi connectivity index (χ3v) is 7.22. The van der Waals surface area contributed by atoms with E-state index in [1.54, 1.807) is 6.92 Å². The van der Waals surface area contributed by atoms with Crippen LogP contribution < -0.4 is 14.2 Å². The Morgan fingerprint density at radius 2 is 1.53 bits per heavy atom. The van der Waals surface area contributed by atoms with Gasteiger partial charge in [0.1, 0.15) is 18.0 Å².